The van der Waals surface area contributed by atoms with Crippen molar-refractivity contribution in [2.45, 2.75) is 13.8 Å². The van der Waals surface area contributed by atoms with Crippen LogP contribution in [0.4, 0.5) is 0 Å². The molecule has 0 amide bonds. The molecule has 0 saturated heterocycles. The second-order valence-electron chi connectivity index (χ2n) is 1.71. The second-order valence-corrected chi connectivity index (χ2v) is 2.76. The van der Waals surface area contributed by atoms with Crippen LogP contribution < -0.4 is 0 Å². The summed E-state index contributed by atoms with van der Waals surface area (Å²) in [6.07, 6.45) is 3.42. The second kappa shape index (κ2) is 5.35. The zero-order chi connectivity index (χ0) is 7.98. The number of hydrogen-bond acceptors (Lipinski definition) is 3. The first-order valence-electron chi connectivity index (χ1n) is 3.09. The maximum Gasteiger partial charge on any atom is 0.331 e. The zero-order valence-corrected chi connectivity index (χ0v) is 7.33. The topological polar surface area (TPSA) is 26.3 Å². The molecular formula is C7H12O2S. The Morgan fingerprint density at radius 1 is 1.70 bits per heavy atom. The number of hydrogen-bond donors (Lipinski definition) is 0. The van der Waals surface area contributed by atoms with Crippen LogP contribution in [0.2, 0.25) is 0 Å². The summed E-state index contributed by atoms with van der Waals surface area (Å²) in [7, 11) is 0. The molecule has 0 saturated carbocycles. The molecule has 0 bridgehead atoms. The third-order valence-electron chi connectivity index (χ3n) is 0.930. The highest BCUT2D eigenvalue weighted by Crippen LogP contribution is 2.08. The third-order valence-corrected chi connectivity index (χ3v) is 1.69. The normalized spacial score (nSPS) is 11.3. The van der Waals surface area contributed by atoms with Crippen LogP contribution in [-0.4, -0.2) is 18.8 Å². The summed E-state index contributed by atoms with van der Waals surface area (Å²) in [6.45, 7) is 4.11. The monoisotopic (exact) mass is 160 g/mol. The van der Waals surface area contributed by atoms with Crippen molar-refractivity contribution in [1.29, 1.82) is 0 Å². The molecular weight excluding hydrogens is 148 g/mol. The first-order valence-corrected chi connectivity index (χ1v) is 4.32. The molecule has 0 aromatic heterocycles. The largest absolute Gasteiger partial charge is 0.463 e. The standard InChI is InChI=1S/C7H12O2S/c1-4-9-7(8)5-6(2)10-3/h5H,4H2,1-3H3/b6-5+. The smallest absolute Gasteiger partial charge is 0.331 e. The van der Waals surface area contributed by atoms with Gasteiger partial charge in [0.05, 0.1) is 6.61 Å². The molecule has 0 aliphatic rings. The van der Waals surface area contributed by atoms with Gasteiger partial charge in [-0.15, -0.1) is 11.8 Å². The molecule has 0 aliphatic heterocycles. The average molecular weight is 160 g/mol. The minimum atomic E-state index is -0.255. The van der Waals surface area contributed by atoms with Gasteiger partial charge < -0.3 is 4.74 Å². The summed E-state index contributed by atoms with van der Waals surface area (Å²) >= 11 is 1.54. The van der Waals surface area contributed by atoms with Crippen LogP contribution in [0.15, 0.2) is 11.0 Å². The molecule has 58 valence electrons. The Balaban J connectivity index is 3.75. The van der Waals surface area contributed by atoms with Crippen LogP contribution in [0.1, 0.15) is 13.8 Å². The Kier molecular flexibility index (Phi) is 5.12. The molecule has 0 unspecified atom stereocenters. The van der Waals surface area contributed by atoms with E-state index >= 15 is 0 Å². The highest BCUT2D eigenvalue weighted by molar-refractivity contribution is 8.02. The molecule has 3 heteroatoms. The van der Waals surface area contributed by atoms with Crippen LogP contribution >= 0.6 is 11.8 Å². The van der Waals surface area contributed by atoms with E-state index < -0.39 is 0 Å². The molecule has 0 atom stereocenters. The van der Waals surface area contributed by atoms with Gasteiger partial charge in [0, 0.05) is 6.08 Å². The molecule has 0 heterocycles. The summed E-state index contributed by atoms with van der Waals surface area (Å²) in [5.74, 6) is -0.255. The molecule has 0 rings (SSSR count). The minimum absolute atomic E-state index is 0.255. The zero-order valence-electron chi connectivity index (χ0n) is 6.51. The molecule has 0 aromatic rings. The van der Waals surface area contributed by atoms with Gasteiger partial charge in [-0.1, -0.05) is 0 Å². The lowest BCUT2D eigenvalue weighted by atomic mass is 10.5. The van der Waals surface area contributed by atoms with Crippen molar-refractivity contribution in [2.24, 2.45) is 0 Å². The predicted molar refractivity (Wildman–Crippen MR) is 43.9 cm³/mol. The summed E-state index contributed by atoms with van der Waals surface area (Å²) in [6, 6.07) is 0. The molecule has 0 fully saturated rings. The van der Waals surface area contributed by atoms with E-state index in [1.807, 2.05) is 13.2 Å². The van der Waals surface area contributed by atoms with E-state index in [0.29, 0.717) is 6.61 Å². The van der Waals surface area contributed by atoms with Gasteiger partial charge in [0.15, 0.2) is 0 Å². The number of thioether (sulfide) groups is 1. The fourth-order valence-corrected chi connectivity index (χ4v) is 0.623. The SMILES string of the molecule is CCOC(=O)/C=C(\C)SC. The number of allylic oxidation sites excluding steroid dienone is 1. The minimum Gasteiger partial charge on any atom is -0.463 e. The first-order chi connectivity index (χ1) is 4.70. The van der Waals surface area contributed by atoms with Gasteiger partial charge in [0.25, 0.3) is 0 Å². The highest BCUT2D eigenvalue weighted by atomic mass is 32.2. The van der Waals surface area contributed by atoms with E-state index in [1.54, 1.807) is 6.92 Å². The van der Waals surface area contributed by atoms with Crippen LogP contribution in [0.25, 0.3) is 0 Å². The molecule has 0 aromatic carbocycles. The summed E-state index contributed by atoms with van der Waals surface area (Å²) in [5.41, 5.74) is 0. The van der Waals surface area contributed by atoms with E-state index in [1.165, 1.54) is 17.8 Å². The molecule has 0 radical (unpaired) electrons. The highest BCUT2D eigenvalue weighted by Gasteiger charge is 1.95. The molecule has 2 nitrogen and oxygen atoms in total. The van der Waals surface area contributed by atoms with Crippen LogP contribution in [0.3, 0.4) is 0 Å². The first kappa shape index (κ1) is 9.56. The van der Waals surface area contributed by atoms with Crippen LogP contribution in [-0.2, 0) is 9.53 Å². The lowest BCUT2D eigenvalue weighted by molar-refractivity contribution is -0.137. The molecule has 10 heavy (non-hydrogen) atoms. The number of ether oxygens (including phenoxy) is 1. The number of esters is 1. The quantitative estimate of drug-likeness (QED) is 0.465. The van der Waals surface area contributed by atoms with Gasteiger partial charge >= 0.3 is 5.97 Å². The maximum atomic E-state index is 10.7. The number of carbonyl (C=O) groups is 1. The van der Waals surface area contributed by atoms with Gasteiger partial charge in [0.1, 0.15) is 0 Å². The lowest BCUT2D eigenvalue weighted by Crippen LogP contribution is -1.99. The Bertz CT molecular complexity index is 141. The van der Waals surface area contributed by atoms with E-state index in [-0.39, 0.29) is 5.97 Å². The summed E-state index contributed by atoms with van der Waals surface area (Å²) < 4.78 is 4.69. The Morgan fingerprint density at radius 2 is 2.30 bits per heavy atom. The van der Waals surface area contributed by atoms with Crippen molar-refractivity contribution in [1.82, 2.24) is 0 Å². The van der Waals surface area contributed by atoms with Gasteiger partial charge in [0.2, 0.25) is 0 Å². The maximum absolute atomic E-state index is 10.7. The van der Waals surface area contributed by atoms with E-state index in [0.717, 1.165) is 4.91 Å². The van der Waals surface area contributed by atoms with Gasteiger partial charge in [-0.05, 0) is 25.0 Å². The Morgan fingerprint density at radius 3 is 2.70 bits per heavy atom. The molecule has 0 spiro atoms. The Hall–Kier alpha value is -0.440. The Labute approximate surface area is 65.6 Å². The van der Waals surface area contributed by atoms with Gasteiger partial charge in [-0.2, -0.15) is 0 Å². The van der Waals surface area contributed by atoms with E-state index in [4.69, 9.17) is 0 Å². The van der Waals surface area contributed by atoms with Crippen LogP contribution in [0, 0.1) is 0 Å². The van der Waals surface area contributed by atoms with Crippen molar-refractivity contribution >= 4 is 17.7 Å². The average Bonchev–Trinajstić information content (AvgIpc) is 1.88. The van der Waals surface area contributed by atoms with Crippen LogP contribution in [0.5, 0.6) is 0 Å². The summed E-state index contributed by atoms with van der Waals surface area (Å²) in [5, 5.41) is 0. The molecule has 0 N–H and O–H groups in total. The fraction of sp³-hybridized carbons (Fsp3) is 0.571. The van der Waals surface area contributed by atoms with Gasteiger partial charge in [-0.25, -0.2) is 4.79 Å². The third kappa shape index (κ3) is 4.44. The van der Waals surface area contributed by atoms with Crippen molar-refractivity contribution in [3.8, 4) is 0 Å². The summed E-state index contributed by atoms with van der Waals surface area (Å²) in [4.78, 5) is 11.7. The van der Waals surface area contributed by atoms with Crippen molar-refractivity contribution < 1.29 is 9.53 Å². The number of carbonyl (C=O) groups excluding carboxylic acids is 1. The van der Waals surface area contributed by atoms with Crippen molar-refractivity contribution in [3.63, 3.8) is 0 Å². The van der Waals surface area contributed by atoms with E-state index in [2.05, 4.69) is 4.74 Å². The van der Waals surface area contributed by atoms with Crippen molar-refractivity contribution in [3.05, 3.63) is 11.0 Å². The molecule has 0 aliphatic carbocycles. The van der Waals surface area contributed by atoms with E-state index in [9.17, 15) is 4.79 Å². The van der Waals surface area contributed by atoms with Gasteiger partial charge in [-0.3, -0.25) is 0 Å². The fourth-order valence-electron chi connectivity index (χ4n) is 0.409. The number of rotatable bonds is 3. The predicted octanol–water partition coefficient (Wildman–Crippen LogP) is 1.82. The van der Waals surface area contributed by atoms with Crippen molar-refractivity contribution in [2.75, 3.05) is 12.9 Å². The lowest BCUT2D eigenvalue weighted by Gasteiger charge is -1.96.